The molecule has 80 valence electrons. The number of piperazine rings is 1. The second kappa shape index (κ2) is 7.14. The highest BCUT2D eigenvalue weighted by atomic mass is 79.9. The predicted molar refractivity (Wildman–Crippen MR) is 67.8 cm³/mol. The van der Waals surface area contributed by atoms with Crippen molar-refractivity contribution >= 4 is 39.9 Å². The molecule has 0 aromatic carbocycles. The molecule has 2 heterocycles. The van der Waals surface area contributed by atoms with E-state index in [2.05, 4.69) is 20.2 Å². The van der Waals surface area contributed by atoms with Crippen LogP contribution in [0.4, 0.5) is 5.95 Å². The summed E-state index contributed by atoms with van der Waals surface area (Å²) >= 11 is 0. The molecule has 2 rings (SSSR count). The minimum Gasteiger partial charge on any atom is -0.338 e. The van der Waals surface area contributed by atoms with Gasteiger partial charge >= 0.3 is 0 Å². The summed E-state index contributed by atoms with van der Waals surface area (Å²) in [5.74, 6) is 0.846. The number of aromatic nitrogens is 2. The van der Waals surface area contributed by atoms with Crippen molar-refractivity contribution in [2.75, 3.05) is 31.1 Å². The number of hydrogen-bond acceptors (Lipinski definition) is 4. The van der Waals surface area contributed by atoms with E-state index in [-0.39, 0.29) is 34.0 Å². The van der Waals surface area contributed by atoms with Crippen LogP contribution in [0.3, 0.4) is 0 Å². The molecule has 1 N–H and O–H groups in total. The molecule has 1 saturated heterocycles. The van der Waals surface area contributed by atoms with Crippen LogP contribution in [0.5, 0.6) is 0 Å². The lowest BCUT2D eigenvalue weighted by Crippen LogP contribution is -2.44. The Morgan fingerprint density at radius 1 is 1.07 bits per heavy atom. The molecule has 1 aliphatic rings. The number of nitrogens with one attached hydrogen (secondary N) is 1. The Morgan fingerprint density at radius 3 is 2.21 bits per heavy atom. The molecule has 1 aromatic rings. The van der Waals surface area contributed by atoms with Gasteiger partial charge in [0.05, 0.1) is 0 Å². The van der Waals surface area contributed by atoms with Gasteiger partial charge in [-0.2, -0.15) is 0 Å². The molecule has 0 aliphatic carbocycles. The van der Waals surface area contributed by atoms with Crippen LogP contribution in [-0.4, -0.2) is 36.1 Å². The highest BCUT2D eigenvalue weighted by Crippen LogP contribution is 2.04. The van der Waals surface area contributed by atoms with Crippen LogP contribution >= 0.6 is 34.0 Å². The van der Waals surface area contributed by atoms with Gasteiger partial charge in [0.1, 0.15) is 0 Å². The predicted octanol–water partition coefficient (Wildman–Crippen LogP) is 1.04. The summed E-state index contributed by atoms with van der Waals surface area (Å²) in [6, 6.07) is 1.84. The SMILES string of the molecule is Br.Br.c1cnc(N2CCNCC2)nc1. The number of rotatable bonds is 1. The van der Waals surface area contributed by atoms with E-state index in [0.717, 1.165) is 32.1 Å². The Bertz CT molecular complexity index is 238. The zero-order valence-corrected chi connectivity index (χ0v) is 11.1. The summed E-state index contributed by atoms with van der Waals surface area (Å²) in [6.45, 7) is 4.06. The van der Waals surface area contributed by atoms with E-state index in [0.29, 0.717) is 0 Å². The molecular formula is C8H14Br2N4. The van der Waals surface area contributed by atoms with Gasteiger partial charge in [0.2, 0.25) is 5.95 Å². The quantitative estimate of drug-likeness (QED) is 0.837. The van der Waals surface area contributed by atoms with E-state index >= 15 is 0 Å². The zero-order chi connectivity index (χ0) is 8.23. The van der Waals surface area contributed by atoms with Gasteiger partial charge in [-0.25, -0.2) is 9.97 Å². The molecule has 1 aliphatic heterocycles. The standard InChI is InChI=1S/C8H12N4.2BrH/c1-2-10-8(11-3-1)12-6-4-9-5-7-12;;/h1-3,9H,4-7H2;2*1H. The van der Waals surface area contributed by atoms with Crippen LogP contribution in [0.25, 0.3) is 0 Å². The van der Waals surface area contributed by atoms with Gasteiger partial charge in [-0.1, -0.05) is 0 Å². The van der Waals surface area contributed by atoms with Crippen molar-refractivity contribution in [3.05, 3.63) is 18.5 Å². The lowest BCUT2D eigenvalue weighted by atomic mass is 10.4. The van der Waals surface area contributed by atoms with E-state index in [1.165, 1.54) is 0 Å². The third-order valence-electron chi connectivity index (χ3n) is 1.95. The van der Waals surface area contributed by atoms with Gasteiger partial charge in [0.15, 0.2) is 0 Å². The Labute approximate surface area is 105 Å². The molecule has 0 unspecified atom stereocenters. The maximum absolute atomic E-state index is 4.19. The van der Waals surface area contributed by atoms with Gasteiger partial charge in [-0.3, -0.25) is 0 Å². The monoisotopic (exact) mass is 324 g/mol. The van der Waals surface area contributed by atoms with E-state index in [4.69, 9.17) is 0 Å². The molecule has 14 heavy (non-hydrogen) atoms. The lowest BCUT2D eigenvalue weighted by Gasteiger charge is -2.26. The lowest BCUT2D eigenvalue weighted by molar-refractivity contribution is 0.580. The Kier molecular flexibility index (Phi) is 7.04. The summed E-state index contributed by atoms with van der Waals surface area (Å²) in [7, 11) is 0. The third kappa shape index (κ3) is 3.51. The van der Waals surface area contributed by atoms with Gasteiger partial charge in [0, 0.05) is 38.6 Å². The van der Waals surface area contributed by atoms with Crippen LogP contribution in [0, 0.1) is 0 Å². The molecular weight excluding hydrogens is 312 g/mol. The summed E-state index contributed by atoms with van der Waals surface area (Å²) in [5, 5.41) is 3.29. The molecule has 0 spiro atoms. The summed E-state index contributed by atoms with van der Waals surface area (Å²) < 4.78 is 0. The zero-order valence-electron chi connectivity index (χ0n) is 7.72. The summed E-state index contributed by atoms with van der Waals surface area (Å²) in [6.07, 6.45) is 3.56. The van der Waals surface area contributed by atoms with Crippen molar-refractivity contribution in [2.45, 2.75) is 0 Å². The number of halogens is 2. The van der Waals surface area contributed by atoms with Crippen LogP contribution in [0.2, 0.25) is 0 Å². The molecule has 1 fully saturated rings. The molecule has 4 nitrogen and oxygen atoms in total. The molecule has 0 atom stereocenters. The van der Waals surface area contributed by atoms with E-state index in [1.54, 1.807) is 12.4 Å². The molecule has 0 bridgehead atoms. The minimum absolute atomic E-state index is 0. The molecule has 0 saturated carbocycles. The van der Waals surface area contributed by atoms with Crippen LogP contribution in [-0.2, 0) is 0 Å². The van der Waals surface area contributed by atoms with Crippen LogP contribution < -0.4 is 10.2 Å². The molecule has 1 aromatic heterocycles. The average molecular weight is 326 g/mol. The Morgan fingerprint density at radius 2 is 1.64 bits per heavy atom. The number of anilines is 1. The maximum Gasteiger partial charge on any atom is 0.225 e. The van der Waals surface area contributed by atoms with Crippen molar-refractivity contribution < 1.29 is 0 Å². The van der Waals surface area contributed by atoms with E-state index in [9.17, 15) is 0 Å². The third-order valence-corrected chi connectivity index (χ3v) is 1.95. The van der Waals surface area contributed by atoms with E-state index in [1.807, 2.05) is 6.07 Å². The van der Waals surface area contributed by atoms with Crippen molar-refractivity contribution in [1.82, 2.24) is 15.3 Å². The van der Waals surface area contributed by atoms with Crippen molar-refractivity contribution in [2.24, 2.45) is 0 Å². The number of hydrogen-bond donors (Lipinski definition) is 1. The molecule has 0 amide bonds. The fourth-order valence-corrected chi connectivity index (χ4v) is 1.32. The first-order valence-corrected chi connectivity index (χ1v) is 4.19. The minimum atomic E-state index is 0. The smallest absolute Gasteiger partial charge is 0.225 e. The Balaban J connectivity index is 0.000000845. The van der Waals surface area contributed by atoms with Gasteiger partial charge < -0.3 is 10.2 Å². The second-order valence-corrected chi connectivity index (χ2v) is 2.79. The number of nitrogens with zero attached hydrogens (tertiary/aromatic N) is 3. The van der Waals surface area contributed by atoms with E-state index < -0.39 is 0 Å². The Hall–Kier alpha value is -0.200. The first kappa shape index (κ1) is 13.8. The first-order valence-electron chi connectivity index (χ1n) is 4.19. The van der Waals surface area contributed by atoms with Crippen LogP contribution in [0.1, 0.15) is 0 Å². The van der Waals surface area contributed by atoms with Crippen molar-refractivity contribution in [3.8, 4) is 0 Å². The molecule has 0 radical (unpaired) electrons. The maximum atomic E-state index is 4.19. The normalized spacial score (nSPS) is 15.3. The van der Waals surface area contributed by atoms with Gasteiger partial charge in [-0.05, 0) is 6.07 Å². The van der Waals surface area contributed by atoms with Crippen LogP contribution in [0.15, 0.2) is 18.5 Å². The van der Waals surface area contributed by atoms with Crippen molar-refractivity contribution in [1.29, 1.82) is 0 Å². The average Bonchev–Trinajstić information content (AvgIpc) is 2.21. The second-order valence-electron chi connectivity index (χ2n) is 2.79. The van der Waals surface area contributed by atoms with Crippen molar-refractivity contribution in [3.63, 3.8) is 0 Å². The summed E-state index contributed by atoms with van der Waals surface area (Å²) in [5.41, 5.74) is 0. The fourth-order valence-electron chi connectivity index (χ4n) is 1.32. The van der Waals surface area contributed by atoms with Gasteiger partial charge in [-0.15, -0.1) is 34.0 Å². The highest BCUT2D eigenvalue weighted by Gasteiger charge is 2.11. The van der Waals surface area contributed by atoms with Gasteiger partial charge in [0.25, 0.3) is 0 Å². The largest absolute Gasteiger partial charge is 0.338 e. The first-order chi connectivity index (χ1) is 5.97. The highest BCUT2D eigenvalue weighted by molar-refractivity contribution is 8.93. The topological polar surface area (TPSA) is 41.1 Å². The molecule has 6 heteroatoms. The fraction of sp³-hybridized carbons (Fsp3) is 0.500. The summed E-state index contributed by atoms with van der Waals surface area (Å²) in [4.78, 5) is 10.6.